The number of hydrogen-bond donors (Lipinski definition) is 7. The molecule has 0 spiro atoms. The van der Waals surface area contributed by atoms with Gasteiger partial charge in [0.25, 0.3) is 5.56 Å². The van der Waals surface area contributed by atoms with Gasteiger partial charge in [-0.3, -0.25) is 28.8 Å². The Labute approximate surface area is 494 Å². The first-order valence-electron chi connectivity index (χ1n) is 28.4. The number of carbonyl (C=O) groups excluding carboxylic acids is 6. The molecule has 3 aliphatic rings. The molecule has 3 atom stereocenters. The molecule has 7 heterocycles. The summed E-state index contributed by atoms with van der Waals surface area (Å²) in [6, 6.07) is 3.11. The number of benzene rings is 1. The molecular weight excluding hydrogens is 1120 g/mol. The molecule has 5 aromatic rings. The third-order valence-corrected chi connectivity index (χ3v) is 15.7. The Morgan fingerprint density at radius 3 is 2.35 bits per heavy atom. The minimum Gasteiger partial charge on any atom is -0.458 e. The molecule has 4 aromatic heterocycles. The predicted octanol–water partition coefficient (Wildman–Crippen LogP) is 0.755. The van der Waals surface area contributed by atoms with Gasteiger partial charge in [0.2, 0.25) is 42.0 Å². The van der Waals surface area contributed by atoms with Crippen molar-refractivity contribution in [3.05, 3.63) is 69.4 Å². The number of aromatic nitrogens is 7. The van der Waals surface area contributed by atoms with Gasteiger partial charge >= 0.3 is 22.8 Å². The van der Waals surface area contributed by atoms with E-state index in [1.807, 2.05) is 33.8 Å². The zero-order valence-electron chi connectivity index (χ0n) is 48.8. The summed E-state index contributed by atoms with van der Waals surface area (Å²) in [6.07, 6.45) is 8.00. The third-order valence-electron chi connectivity index (χ3n) is 15.3. The van der Waals surface area contributed by atoms with Crippen LogP contribution in [0.4, 0.5) is 0 Å². The summed E-state index contributed by atoms with van der Waals surface area (Å²) in [5.74, 6) is -3.04. The van der Waals surface area contributed by atoms with E-state index >= 15 is 0 Å². The summed E-state index contributed by atoms with van der Waals surface area (Å²) in [5.41, 5.74) is 7.03. The highest BCUT2D eigenvalue weighted by molar-refractivity contribution is 7.65. The molecule has 0 saturated heterocycles. The van der Waals surface area contributed by atoms with Gasteiger partial charge in [0.1, 0.15) is 38.1 Å². The Morgan fingerprint density at radius 2 is 1.64 bits per heavy atom. The number of amides is 5. The first-order valence-corrected chi connectivity index (χ1v) is 29.1. The van der Waals surface area contributed by atoms with Crippen molar-refractivity contribution in [1.82, 2.24) is 56.4 Å². The minimum atomic E-state index is -1.99. The molecule has 456 valence electrons. The summed E-state index contributed by atoms with van der Waals surface area (Å²) in [7, 11) is 0. The van der Waals surface area contributed by atoms with E-state index < -0.39 is 95.6 Å². The van der Waals surface area contributed by atoms with Crippen LogP contribution in [-0.2, 0) is 89.6 Å². The number of aryl methyl sites for hydroxylation is 1. The average molecular weight is 1200 g/mol. The summed E-state index contributed by atoms with van der Waals surface area (Å²) in [6.45, 7) is 12.7. The van der Waals surface area contributed by atoms with Gasteiger partial charge in [-0.1, -0.05) is 20.8 Å². The third kappa shape index (κ3) is 15.0. The van der Waals surface area contributed by atoms with Gasteiger partial charge in [-0.2, -0.15) is 9.97 Å². The zero-order chi connectivity index (χ0) is 61.2. The van der Waals surface area contributed by atoms with Gasteiger partial charge in [0.05, 0.1) is 58.9 Å². The lowest BCUT2D eigenvalue weighted by Gasteiger charge is -2.31. The number of nitrogens with one attached hydrogen (secondary N) is 5. The fourth-order valence-electron chi connectivity index (χ4n) is 10.2. The molecule has 0 bridgehead atoms. The molecule has 85 heavy (non-hydrogen) atoms. The smallest absolute Gasteiger partial charge is 0.458 e. The molecule has 27 nitrogen and oxygen atoms in total. The zero-order valence-corrected chi connectivity index (χ0v) is 49.6. The lowest BCUT2D eigenvalue weighted by molar-refractivity contribution is -0.814. The molecule has 0 saturated carbocycles. The van der Waals surface area contributed by atoms with Crippen molar-refractivity contribution in [2.75, 3.05) is 52.8 Å². The van der Waals surface area contributed by atoms with Crippen molar-refractivity contribution in [3.8, 4) is 34.1 Å². The SMILES string of the molecule is CC[C@@]1(O)C(=O)OCc2c1cc1n(c2=O)Cc2c-1nc1cc3c(cc1c2CCCNC(=O)CNC(=O)[C@H](CCCCN)NC(=O)[C@@H](NC(=O)COCC(=O)NCCC(C)(C)OCCC(C)(C)[n+]1cc(-c2cnc([S+]=O)nc2)n[n-]1)C(C)C)OCO3. The van der Waals surface area contributed by atoms with Crippen molar-refractivity contribution in [2.24, 2.45) is 11.7 Å². The topological polar surface area (TPSA) is 364 Å². The summed E-state index contributed by atoms with van der Waals surface area (Å²) >= 11 is 0.208. The highest BCUT2D eigenvalue weighted by Crippen LogP contribution is 2.43. The van der Waals surface area contributed by atoms with E-state index in [-0.39, 0.29) is 73.8 Å². The van der Waals surface area contributed by atoms with E-state index in [9.17, 15) is 42.9 Å². The van der Waals surface area contributed by atoms with Crippen molar-refractivity contribution < 1.29 is 66.4 Å². The maximum atomic E-state index is 14.0. The molecule has 1 aromatic carbocycles. The van der Waals surface area contributed by atoms with Crippen LogP contribution in [0, 0.1) is 5.92 Å². The van der Waals surface area contributed by atoms with Gasteiger partial charge in [-0.15, -0.1) is 5.10 Å². The summed E-state index contributed by atoms with van der Waals surface area (Å²) < 4.78 is 42.4. The van der Waals surface area contributed by atoms with Crippen LogP contribution in [-0.4, -0.2) is 136 Å². The van der Waals surface area contributed by atoms with Crippen molar-refractivity contribution >= 4 is 58.1 Å². The molecule has 0 unspecified atom stereocenters. The molecule has 5 amide bonds. The monoisotopic (exact) mass is 1200 g/mol. The quantitative estimate of drug-likeness (QED) is 0.0108. The Kier molecular flexibility index (Phi) is 20.4. The number of hydrogen-bond acceptors (Lipinski definition) is 19. The van der Waals surface area contributed by atoms with Gasteiger partial charge < -0.3 is 75.6 Å². The normalized spacial score (nSPS) is 15.8. The number of ether oxygens (including phenoxy) is 5. The number of nitrogens with two attached hydrogens (primary N) is 1. The first-order chi connectivity index (χ1) is 40.6. The summed E-state index contributed by atoms with van der Waals surface area (Å²) in [5, 5.41) is 34.4. The van der Waals surface area contributed by atoms with Crippen LogP contribution >= 0.6 is 0 Å². The number of fused-ring (bicyclic) bond motifs is 6. The van der Waals surface area contributed by atoms with Crippen LogP contribution in [0.5, 0.6) is 11.5 Å². The van der Waals surface area contributed by atoms with E-state index in [0.29, 0.717) is 91.3 Å². The van der Waals surface area contributed by atoms with Crippen molar-refractivity contribution in [2.45, 2.75) is 147 Å². The van der Waals surface area contributed by atoms with Gasteiger partial charge in [0, 0.05) is 58.7 Å². The Morgan fingerprint density at radius 1 is 0.906 bits per heavy atom. The van der Waals surface area contributed by atoms with Gasteiger partial charge in [-0.25, -0.2) is 9.78 Å². The minimum absolute atomic E-state index is 0.00194. The van der Waals surface area contributed by atoms with E-state index in [1.165, 1.54) is 12.4 Å². The lowest BCUT2D eigenvalue weighted by Crippen LogP contribution is -2.56. The van der Waals surface area contributed by atoms with Gasteiger partial charge in [-0.05, 0) is 103 Å². The van der Waals surface area contributed by atoms with Crippen LogP contribution < -0.4 is 57.2 Å². The molecule has 8 rings (SSSR count). The van der Waals surface area contributed by atoms with Crippen LogP contribution in [0.1, 0.15) is 116 Å². The number of pyridine rings is 2. The first kappa shape index (κ1) is 63.1. The molecule has 28 heteroatoms. The number of unbranched alkanes of at least 4 members (excludes halogenated alkanes) is 1. The highest BCUT2D eigenvalue weighted by atomic mass is 32.1. The van der Waals surface area contributed by atoms with E-state index in [4.69, 9.17) is 34.4 Å². The Hall–Kier alpha value is -7.92. The van der Waals surface area contributed by atoms with Crippen LogP contribution in [0.25, 0.3) is 33.5 Å². The Bertz CT molecular complexity index is 3390. The molecule has 8 N–H and O–H groups in total. The van der Waals surface area contributed by atoms with Crippen molar-refractivity contribution in [1.29, 1.82) is 0 Å². The van der Waals surface area contributed by atoms with E-state index in [0.717, 1.165) is 16.5 Å². The summed E-state index contributed by atoms with van der Waals surface area (Å²) in [4.78, 5) is 106. The molecular formula is C57H74N13O14S+. The largest absolute Gasteiger partial charge is 0.550 e. The number of rotatable bonds is 30. The lowest BCUT2D eigenvalue weighted by atomic mass is 9.86. The maximum absolute atomic E-state index is 14.0. The molecule has 0 fully saturated rings. The maximum Gasteiger partial charge on any atom is 0.550 e. The second kappa shape index (κ2) is 27.4. The molecule has 3 aliphatic heterocycles. The van der Waals surface area contributed by atoms with Gasteiger partial charge in [0.15, 0.2) is 17.1 Å². The number of esters is 1. The molecule has 0 radical (unpaired) electrons. The standard InChI is InChI=1S/C57H73N13O14S/c1-8-57(78)38-21-42-49-36(26-69(42)52(76)37(38)28-81-53(57)77)34(35-20-43-44(83-31-82-43)22-40(35)64-49)12-11-17-59-45(71)25-61-50(74)39(13-9-10-16-58)65-51(75)48(32(2)3)66-47(73)30-80-29-46(72)60-18-14-56(6,7)84-19-15-55(4,5)70-27-41(67-68-70)33-23-62-54(85-79)63-24-33/h20-24,27,32,39,48,78H,8-19,25-26,28-31,58H2,1-7H3,(H4-,59,60,61,65,66,71,72,73,74,75)/p+1/t39-,48-,57-/m0/s1. The number of aliphatic hydroxyl groups is 1. The second-order valence-corrected chi connectivity index (χ2v) is 23.2. The number of carbonyl (C=O) groups is 6. The van der Waals surface area contributed by atoms with E-state index in [2.05, 4.69) is 46.9 Å². The van der Waals surface area contributed by atoms with E-state index in [1.54, 1.807) is 48.3 Å². The number of nitrogens with zero attached hydrogens (tertiary/aromatic N) is 7. The van der Waals surface area contributed by atoms with Crippen LogP contribution in [0.15, 0.2) is 46.7 Å². The highest BCUT2D eigenvalue weighted by Gasteiger charge is 2.46. The average Bonchev–Trinajstić information content (AvgIpc) is 1.76. The Balaban J connectivity index is 0.772. The fourth-order valence-corrected chi connectivity index (χ4v) is 10.4. The molecule has 0 aliphatic carbocycles. The van der Waals surface area contributed by atoms with Crippen LogP contribution in [0.2, 0.25) is 0 Å². The predicted molar refractivity (Wildman–Crippen MR) is 304 cm³/mol. The number of cyclic esters (lactones) is 1. The second-order valence-electron chi connectivity index (χ2n) is 22.7. The van der Waals surface area contributed by atoms with Crippen molar-refractivity contribution in [3.63, 3.8) is 0 Å². The van der Waals surface area contributed by atoms with Crippen LogP contribution in [0.3, 0.4) is 0 Å². The fraction of sp³-hybridized carbons (Fsp3) is 0.544.